The molecule has 1 aromatic heterocycles. The average Bonchev–Trinajstić information content (AvgIpc) is 3.00. The van der Waals surface area contributed by atoms with E-state index in [4.69, 9.17) is 0 Å². The molecule has 24 heavy (non-hydrogen) atoms. The molecule has 2 aromatic carbocycles. The molecule has 1 N–H and O–H groups in total. The quantitative estimate of drug-likeness (QED) is 0.675. The van der Waals surface area contributed by atoms with Gasteiger partial charge in [0.1, 0.15) is 17.3 Å². The fourth-order valence-corrected chi connectivity index (χ4v) is 3.01. The van der Waals surface area contributed by atoms with Gasteiger partial charge in [-0.1, -0.05) is 22.0 Å². The SMILES string of the molecule is CCN(Cc1cc(Br)ccc1F)C(=O)c1cc2c(F)cccc2[nH]1. The molecule has 0 fully saturated rings. The van der Waals surface area contributed by atoms with Crippen molar-refractivity contribution in [2.45, 2.75) is 13.5 Å². The second-order valence-electron chi connectivity index (χ2n) is 5.44. The number of amides is 1. The van der Waals surface area contributed by atoms with Crippen molar-refractivity contribution in [3.05, 3.63) is 69.8 Å². The van der Waals surface area contributed by atoms with E-state index in [2.05, 4.69) is 20.9 Å². The summed E-state index contributed by atoms with van der Waals surface area (Å²) in [5.74, 6) is -1.05. The molecule has 1 heterocycles. The van der Waals surface area contributed by atoms with Crippen molar-refractivity contribution >= 4 is 32.7 Å². The molecule has 0 aliphatic rings. The van der Waals surface area contributed by atoms with E-state index in [-0.39, 0.29) is 29.8 Å². The summed E-state index contributed by atoms with van der Waals surface area (Å²) in [4.78, 5) is 17.1. The molecule has 124 valence electrons. The van der Waals surface area contributed by atoms with Crippen LogP contribution in [-0.4, -0.2) is 22.3 Å². The first kappa shape index (κ1) is 16.6. The fourth-order valence-electron chi connectivity index (χ4n) is 2.60. The highest BCUT2D eigenvalue weighted by atomic mass is 79.9. The number of H-pyrrole nitrogens is 1. The van der Waals surface area contributed by atoms with Gasteiger partial charge in [-0.3, -0.25) is 4.79 Å². The zero-order chi connectivity index (χ0) is 17.3. The lowest BCUT2D eigenvalue weighted by Crippen LogP contribution is -2.30. The van der Waals surface area contributed by atoms with Gasteiger partial charge in [-0.2, -0.15) is 0 Å². The molecule has 0 radical (unpaired) electrons. The maximum Gasteiger partial charge on any atom is 0.270 e. The Labute approximate surface area is 146 Å². The first-order valence-electron chi connectivity index (χ1n) is 7.50. The van der Waals surface area contributed by atoms with E-state index >= 15 is 0 Å². The Morgan fingerprint density at radius 3 is 2.67 bits per heavy atom. The maximum absolute atomic E-state index is 13.9. The van der Waals surface area contributed by atoms with E-state index in [9.17, 15) is 13.6 Å². The Morgan fingerprint density at radius 2 is 1.96 bits per heavy atom. The standard InChI is InChI=1S/C18H15BrF2N2O/c1-2-23(10-11-8-12(19)6-7-14(11)20)18(24)17-9-13-15(21)4-3-5-16(13)22-17/h3-9,22H,2,10H2,1H3. The molecule has 0 unspecified atom stereocenters. The van der Waals surface area contributed by atoms with Gasteiger partial charge in [-0.15, -0.1) is 0 Å². The van der Waals surface area contributed by atoms with Crippen molar-refractivity contribution in [2.75, 3.05) is 6.54 Å². The number of hydrogen-bond donors (Lipinski definition) is 1. The number of rotatable bonds is 4. The predicted octanol–water partition coefficient (Wildman–Crippen LogP) is 4.87. The number of halogens is 3. The number of nitrogens with zero attached hydrogens (tertiary/aromatic N) is 1. The highest BCUT2D eigenvalue weighted by molar-refractivity contribution is 9.10. The monoisotopic (exact) mass is 392 g/mol. The lowest BCUT2D eigenvalue weighted by atomic mass is 10.2. The minimum absolute atomic E-state index is 0.137. The van der Waals surface area contributed by atoms with Gasteiger partial charge in [-0.05, 0) is 43.3 Å². The molecule has 3 nitrogen and oxygen atoms in total. The third-order valence-electron chi connectivity index (χ3n) is 3.88. The fraction of sp³-hybridized carbons (Fsp3) is 0.167. The molecule has 0 saturated carbocycles. The summed E-state index contributed by atoms with van der Waals surface area (Å²) in [6.07, 6.45) is 0. The van der Waals surface area contributed by atoms with Crippen LogP contribution < -0.4 is 0 Å². The largest absolute Gasteiger partial charge is 0.350 e. The van der Waals surface area contributed by atoms with Gasteiger partial charge in [0, 0.05) is 34.0 Å². The van der Waals surface area contributed by atoms with Crippen molar-refractivity contribution in [2.24, 2.45) is 0 Å². The molecule has 0 bridgehead atoms. The molecule has 0 saturated heterocycles. The van der Waals surface area contributed by atoms with E-state index in [1.165, 1.54) is 23.1 Å². The van der Waals surface area contributed by atoms with Crippen molar-refractivity contribution in [3.63, 3.8) is 0 Å². The van der Waals surface area contributed by atoms with Gasteiger partial charge in [0.25, 0.3) is 5.91 Å². The van der Waals surface area contributed by atoms with Crippen molar-refractivity contribution in [1.29, 1.82) is 0 Å². The molecule has 0 aliphatic carbocycles. The molecular formula is C18H15BrF2N2O. The van der Waals surface area contributed by atoms with Crippen LogP contribution >= 0.6 is 15.9 Å². The van der Waals surface area contributed by atoms with Crippen LogP contribution in [0.5, 0.6) is 0 Å². The van der Waals surface area contributed by atoms with Crippen LogP contribution in [0.15, 0.2) is 46.9 Å². The summed E-state index contributed by atoms with van der Waals surface area (Å²) >= 11 is 3.30. The van der Waals surface area contributed by atoms with E-state index < -0.39 is 0 Å². The Bertz CT molecular complexity index is 907. The van der Waals surface area contributed by atoms with Crippen LogP contribution in [0.25, 0.3) is 10.9 Å². The van der Waals surface area contributed by atoms with Crippen molar-refractivity contribution in [1.82, 2.24) is 9.88 Å². The van der Waals surface area contributed by atoms with Crippen molar-refractivity contribution < 1.29 is 13.6 Å². The molecule has 3 rings (SSSR count). The topological polar surface area (TPSA) is 36.1 Å². The third-order valence-corrected chi connectivity index (χ3v) is 4.37. The van der Waals surface area contributed by atoms with E-state index in [0.29, 0.717) is 23.0 Å². The number of fused-ring (bicyclic) bond motifs is 1. The molecule has 3 aromatic rings. The van der Waals surface area contributed by atoms with E-state index in [0.717, 1.165) is 4.47 Å². The number of carbonyl (C=O) groups is 1. The van der Waals surface area contributed by atoms with Gasteiger partial charge in [0.15, 0.2) is 0 Å². The lowest BCUT2D eigenvalue weighted by Gasteiger charge is -2.20. The van der Waals surface area contributed by atoms with Gasteiger partial charge in [0.2, 0.25) is 0 Å². The first-order valence-corrected chi connectivity index (χ1v) is 8.29. The van der Waals surface area contributed by atoms with E-state index in [1.807, 2.05) is 6.92 Å². The van der Waals surface area contributed by atoms with Crippen LogP contribution in [0.4, 0.5) is 8.78 Å². The second kappa shape index (κ2) is 6.73. The molecular weight excluding hydrogens is 378 g/mol. The Balaban J connectivity index is 1.90. The molecule has 0 atom stereocenters. The minimum Gasteiger partial charge on any atom is -0.350 e. The van der Waals surface area contributed by atoms with Crippen LogP contribution in [0.1, 0.15) is 23.0 Å². The Morgan fingerprint density at radius 1 is 1.17 bits per heavy atom. The summed E-state index contributed by atoms with van der Waals surface area (Å²) < 4.78 is 28.5. The number of nitrogens with one attached hydrogen (secondary N) is 1. The van der Waals surface area contributed by atoms with Gasteiger partial charge in [0.05, 0.1) is 0 Å². The smallest absolute Gasteiger partial charge is 0.270 e. The highest BCUT2D eigenvalue weighted by Crippen LogP contribution is 2.21. The zero-order valence-corrected chi connectivity index (χ0v) is 14.5. The predicted molar refractivity (Wildman–Crippen MR) is 92.8 cm³/mol. The van der Waals surface area contributed by atoms with Gasteiger partial charge >= 0.3 is 0 Å². The number of aromatic amines is 1. The maximum atomic E-state index is 13.9. The Kier molecular flexibility index (Phi) is 4.66. The number of carbonyl (C=O) groups excluding carboxylic acids is 1. The minimum atomic E-state index is -0.385. The molecule has 1 amide bonds. The highest BCUT2D eigenvalue weighted by Gasteiger charge is 2.19. The van der Waals surface area contributed by atoms with Gasteiger partial charge < -0.3 is 9.88 Å². The number of aromatic nitrogens is 1. The van der Waals surface area contributed by atoms with Crippen LogP contribution in [0.2, 0.25) is 0 Å². The van der Waals surface area contributed by atoms with Crippen molar-refractivity contribution in [3.8, 4) is 0 Å². The number of benzene rings is 2. The van der Waals surface area contributed by atoms with Crippen LogP contribution in [0, 0.1) is 11.6 Å². The number of hydrogen-bond acceptors (Lipinski definition) is 1. The summed E-state index contributed by atoms with van der Waals surface area (Å²) in [6.45, 7) is 2.36. The average molecular weight is 393 g/mol. The van der Waals surface area contributed by atoms with Gasteiger partial charge in [-0.25, -0.2) is 8.78 Å². The summed E-state index contributed by atoms with van der Waals surface area (Å²) in [6, 6.07) is 10.7. The Hall–Kier alpha value is -2.21. The molecule has 0 spiro atoms. The molecule has 0 aliphatic heterocycles. The lowest BCUT2D eigenvalue weighted by molar-refractivity contribution is 0.0746. The second-order valence-corrected chi connectivity index (χ2v) is 6.35. The summed E-state index contributed by atoms with van der Waals surface area (Å²) in [5.41, 5.74) is 1.26. The summed E-state index contributed by atoms with van der Waals surface area (Å²) in [5, 5.41) is 0.366. The molecule has 6 heteroatoms. The third kappa shape index (κ3) is 3.19. The normalized spacial score (nSPS) is 11.0. The van der Waals surface area contributed by atoms with Crippen LogP contribution in [0.3, 0.4) is 0 Å². The van der Waals surface area contributed by atoms with Crippen LogP contribution in [-0.2, 0) is 6.54 Å². The zero-order valence-electron chi connectivity index (χ0n) is 12.9. The van der Waals surface area contributed by atoms with E-state index in [1.54, 1.807) is 24.3 Å². The first-order chi connectivity index (χ1) is 11.5. The summed E-state index contributed by atoms with van der Waals surface area (Å²) in [7, 11) is 0.